The fraction of sp³-hybridized carbons (Fsp3) is 0.370. The van der Waals surface area contributed by atoms with Gasteiger partial charge in [-0.25, -0.2) is 4.98 Å². The van der Waals surface area contributed by atoms with E-state index < -0.39 is 11.8 Å². The average Bonchev–Trinajstić information content (AvgIpc) is 3.20. The van der Waals surface area contributed by atoms with Gasteiger partial charge in [-0.05, 0) is 32.8 Å². The second-order valence-corrected chi connectivity index (χ2v) is 8.63. The molecule has 0 saturated heterocycles. The third kappa shape index (κ3) is 5.78. The Morgan fingerprint density at radius 2 is 1.68 bits per heavy atom. The maximum absolute atomic E-state index is 12.9. The third-order valence-corrected chi connectivity index (χ3v) is 6.17. The number of fused-ring (bicyclic) bond motifs is 1. The number of nitrogens with zero attached hydrogens (tertiary/aromatic N) is 7. The summed E-state index contributed by atoms with van der Waals surface area (Å²) in [6, 6.07) is 7.18. The van der Waals surface area contributed by atoms with E-state index in [0.717, 1.165) is 11.2 Å². The van der Waals surface area contributed by atoms with Crippen molar-refractivity contribution in [3.63, 3.8) is 0 Å². The van der Waals surface area contributed by atoms with Crippen LogP contribution in [0.2, 0.25) is 0 Å². The predicted molar refractivity (Wildman–Crippen MR) is 144 cm³/mol. The van der Waals surface area contributed by atoms with Crippen LogP contribution >= 0.6 is 0 Å². The molecule has 1 aromatic carbocycles. The number of benzene rings is 1. The fourth-order valence-electron chi connectivity index (χ4n) is 4.14. The molecule has 2 N–H and O–H groups in total. The van der Waals surface area contributed by atoms with Gasteiger partial charge in [0.25, 0.3) is 11.8 Å². The summed E-state index contributed by atoms with van der Waals surface area (Å²) in [4.78, 5) is 41.8. The number of ether oxygens (including phenoxy) is 1. The summed E-state index contributed by atoms with van der Waals surface area (Å²) in [5, 5.41) is 44.3. The molecule has 0 saturated carbocycles. The molecule has 0 bridgehead atoms. The number of amides is 2. The highest BCUT2D eigenvalue weighted by Gasteiger charge is 2.39. The number of aromatic nitrogens is 1. The van der Waals surface area contributed by atoms with Crippen LogP contribution in [0.4, 0.5) is 23.0 Å². The van der Waals surface area contributed by atoms with Crippen molar-refractivity contribution in [3.05, 3.63) is 39.4 Å². The lowest BCUT2D eigenvalue weighted by Crippen LogP contribution is -2.29. The van der Waals surface area contributed by atoms with Crippen molar-refractivity contribution < 1.29 is 19.1 Å². The van der Waals surface area contributed by atoms with E-state index in [1.54, 1.807) is 21.0 Å². The normalized spacial score (nSPS) is 12.2. The molecule has 2 heterocycles. The lowest BCUT2D eigenvalue weighted by molar-refractivity contribution is -0.107. The number of carbonyl (C=O) groups excluding carboxylic acids is 3. The van der Waals surface area contributed by atoms with Crippen LogP contribution in [-0.2, 0) is 9.53 Å². The van der Waals surface area contributed by atoms with Gasteiger partial charge in [0, 0.05) is 45.3 Å². The Kier molecular flexibility index (Phi) is 9.95. The smallest absolute Gasteiger partial charge is 0.262 e. The third-order valence-electron chi connectivity index (χ3n) is 6.17. The molecule has 0 radical (unpaired) electrons. The number of carbonyl (C=O) groups is 3. The number of imide groups is 1. The highest BCUT2D eigenvalue weighted by molar-refractivity contribution is 6.23. The number of pyridine rings is 1. The lowest BCUT2D eigenvalue weighted by Gasteiger charge is -2.15. The Morgan fingerprint density at radius 1 is 1.00 bits per heavy atom. The molecular weight excluding hydrogens is 514 g/mol. The zero-order chi connectivity index (χ0) is 29.2. The monoisotopic (exact) mass is 541 g/mol. The molecule has 3 rings (SSSR count). The van der Waals surface area contributed by atoms with Crippen molar-refractivity contribution in [2.45, 2.75) is 33.1 Å². The first-order valence-electron chi connectivity index (χ1n) is 12.5. The zero-order valence-corrected chi connectivity index (χ0v) is 22.4. The number of anilines is 2. The zero-order valence-electron chi connectivity index (χ0n) is 22.4. The van der Waals surface area contributed by atoms with E-state index in [1.807, 2.05) is 12.1 Å². The van der Waals surface area contributed by atoms with Gasteiger partial charge in [0.1, 0.15) is 41.7 Å². The molecular formula is C27H27N9O4. The van der Waals surface area contributed by atoms with Crippen molar-refractivity contribution in [3.8, 4) is 18.2 Å². The highest BCUT2D eigenvalue weighted by atomic mass is 16.5. The van der Waals surface area contributed by atoms with Crippen LogP contribution < -0.4 is 10.6 Å². The molecule has 1 aliphatic rings. The minimum absolute atomic E-state index is 0.0371. The van der Waals surface area contributed by atoms with Crippen LogP contribution in [0.5, 0.6) is 0 Å². The molecule has 13 nitrogen and oxygen atoms in total. The quantitative estimate of drug-likeness (QED) is 0.162. The maximum atomic E-state index is 12.9. The molecule has 1 aliphatic heterocycles. The number of methoxy groups -OCH3 is 1. The molecule has 13 heteroatoms. The molecule has 0 fully saturated rings. The summed E-state index contributed by atoms with van der Waals surface area (Å²) in [5.41, 5.74) is 0.137. The minimum Gasteiger partial charge on any atom is -0.385 e. The number of hydrogen-bond acceptors (Lipinski definition) is 12. The van der Waals surface area contributed by atoms with Crippen molar-refractivity contribution in [1.29, 1.82) is 15.8 Å². The van der Waals surface area contributed by atoms with Gasteiger partial charge in [-0.2, -0.15) is 15.8 Å². The fourth-order valence-corrected chi connectivity index (χ4v) is 4.14. The Hall–Kier alpha value is -5.19. The van der Waals surface area contributed by atoms with Crippen molar-refractivity contribution in [1.82, 2.24) is 9.88 Å². The number of nitriles is 3. The minimum atomic E-state index is -0.647. The van der Waals surface area contributed by atoms with Crippen LogP contribution in [0.15, 0.2) is 16.3 Å². The summed E-state index contributed by atoms with van der Waals surface area (Å²) >= 11 is 0. The van der Waals surface area contributed by atoms with Crippen LogP contribution in [0.3, 0.4) is 0 Å². The standard InChI is InChI=1S/C27H27N9O4/c1-4-36-26(38)18-12-17(13-28)23(20(15-30)21(18)27(36)39)35-34-22-16(2)19(14-29)24(31-9-7-11-40-3)33-25(22)32-8-5-6-10-37/h10,12H,4-9,11H2,1-3H3,(H2,31,32,33). The van der Waals surface area contributed by atoms with Crippen LogP contribution in [0.25, 0.3) is 0 Å². The SMILES string of the molecule is CCN1C(=O)c2cc(C#N)c(N=Nc3c(NCCCC=O)nc(NCCCOC)c(C#N)c3C)c(C#N)c2C1=O. The van der Waals surface area contributed by atoms with E-state index in [1.165, 1.54) is 6.07 Å². The maximum Gasteiger partial charge on any atom is 0.262 e. The number of azo groups is 1. The van der Waals surface area contributed by atoms with E-state index in [2.05, 4.69) is 31.9 Å². The average molecular weight is 542 g/mol. The highest BCUT2D eigenvalue weighted by Crippen LogP contribution is 2.38. The molecule has 2 aromatic rings. The van der Waals surface area contributed by atoms with E-state index in [-0.39, 0.29) is 51.6 Å². The van der Waals surface area contributed by atoms with Crippen LogP contribution in [-0.4, -0.2) is 61.3 Å². The molecule has 1 aromatic heterocycles. The van der Waals surface area contributed by atoms with E-state index >= 15 is 0 Å². The number of aldehydes is 1. The largest absolute Gasteiger partial charge is 0.385 e. The predicted octanol–water partition coefficient (Wildman–Crippen LogP) is 3.88. The van der Waals surface area contributed by atoms with Gasteiger partial charge in [-0.15, -0.1) is 10.2 Å². The van der Waals surface area contributed by atoms with E-state index in [9.17, 15) is 30.2 Å². The summed E-state index contributed by atoms with van der Waals surface area (Å²) in [6.07, 6.45) is 2.32. The molecule has 0 spiro atoms. The molecule has 0 aliphatic carbocycles. The number of unbranched alkanes of at least 4 members (excludes halogenated alkanes) is 1. The molecule has 40 heavy (non-hydrogen) atoms. The van der Waals surface area contributed by atoms with Crippen molar-refractivity contribution in [2.24, 2.45) is 10.2 Å². The number of rotatable bonds is 13. The summed E-state index contributed by atoms with van der Waals surface area (Å²) in [7, 11) is 1.59. The Morgan fingerprint density at radius 3 is 2.30 bits per heavy atom. The van der Waals surface area contributed by atoms with Crippen LogP contribution in [0, 0.1) is 40.9 Å². The van der Waals surface area contributed by atoms with Crippen molar-refractivity contribution >= 4 is 41.1 Å². The van der Waals surface area contributed by atoms with E-state index in [0.29, 0.717) is 50.3 Å². The summed E-state index contributed by atoms with van der Waals surface area (Å²) in [6.45, 7) is 4.77. The number of hydrogen-bond donors (Lipinski definition) is 2. The summed E-state index contributed by atoms with van der Waals surface area (Å²) in [5.74, 6) is -0.647. The molecule has 204 valence electrons. The first kappa shape index (κ1) is 29.4. The van der Waals surface area contributed by atoms with Gasteiger partial charge in [0.05, 0.1) is 27.8 Å². The van der Waals surface area contributed by atoms with Gasteiger partial charge in [-0.1, -0.05) is 0 Å². The lowest BCUT2D eigenvalue weighted by atomic mass is 9.97. The van der Waals surface area contributed by atoms with Gasteiger partial charge < -0.3 is 20.2 Å². The second kappa shape index (κ2) is 13.6. The second-order valence-electron chi connectivity index (χ2n) is 8.63. The molecule has 0 atom stereocenters. The van der Waals surface area contributed by atoms with Gasteiger partial charge in [-0.3, -0.25) is 14.5 Å². The molecule has 0 unspecified atom stereocenters. The Bertz CT molecular complexity index is 1500. The summed E-state index contributed by atoms with van der Waals surface area (Å²) < 4.78 is 5.06. The Labute approximate surface area is 231 Å². The van der Waals surface area contributed by atoms with Gasteiger partial charge in [0.15, 0.2) is 5.82 Å². The first-order valence-corrected chi connectivity index (χ1v) is 12.5. The van der Waals surface area contributed by atoms with Crippen molar-refractivity contribution in [2.75, 3.05) is 44.0 Å². The Balaban J connectivity index is 2.15. The van der Waals surface area contributed by atoms with Gasteiger partial charge in [0.2, 0.25) is 0 Å². The topological polar surface area (TPSA) is 197 Å². The van der Waals surface area contributed by atoms with Gasteiger partial charge >= 0.3 is 0 Å². The first-order chi connectivity index (χ1) is 19.4. The number of nitrogens with one attached hydrogen (secondary N) is 2. The van der Waals surface area contributed by atoms with Crippen LogP contribution in [0.1, 0.15) is 69.2 Å². The van der Waals surface area contributed by atoms with E-state index in [4.69, 9.17) is 4.74 Å². The molecule has 2 amide bonds.